The molecular formula is C15H25N3O3. The van der Waals surface area contributed by atoms with Crippen LogP contribution >= 0.6 is 0 Å². The number of nitrogens with zero attached hydrogens (tertiary/aromatic N) is 2. The summed E-state index contributed by atoms with van der Waals surface area (Å²) in [5.41, 5.74) is 0. The van der Waals surface area contributed by atoms with E-state index in [1.54, 1.807) is 16.7 Å². The number of likely N-dealkylation sites (tertiary alicyclic amines) is 1. The fourth-order valence-corrected chi connectivity index (χ4v) is 2.75. The van der Waals surface area contributed by atoms with Crippen LogP contribution in [0.25, 0.3) is 0 Å². The van der Waals surface area contributed by atoms with Gasteiger partial charge in [0.25, 0.3) is 0 Å². The van der Waals surface area contributed by atoms with Crippen molar-refractivity contribution in [1.29, 1.82) is 0 Å². The lowest BCUT2D eigenvalue weighted by molar-refractivity contribution is -0.137. The molecule has 1 aliphatic rings. The number of amides is 3. The van der Waals surface area contributed by atoms with E-state index in [4.69, 9.17) is 0 Å². The largest absolute Gasteiger partial charge is 0.345 e. The summed E-state index contributed by atoms with van der Waals surface area (Å²) in [6.45, 7) is 10.4. The number of carbonyl (C=O) groups is 3. The first-order valence-corrected chi connectivity index (χ1v) is 7.39. The number of hydrogen-bond acceptors (Lipinski definition) is 3. The summed E-state index contributed by atoms with van der Waals surface area (Å²) in [5.74, 6) is -0.338. The third-order valence-corrected chi connectivity index (χ3v) is 3.81. The number of rotatable bonds is 5. The Morgan fingerprint density at radius 2 is 1.95 bits per heavy atom. The van der Waals surface area contributed by atoms with Gasteiger partial charge in [0.2, 0.25) is 17.7 Å². The molecule has 1 fully saturated rings. The predicted molar refractivity (Wildman–Crippen MR) is 80.5 cm³/mol. The SMILES string of the molecule is C=CC(=O)N(CC)C1CCN(C(=O)[C@H](C)NC(C)=O)CC1. The van der Waals surface area contributed by atoms with Gasteiger partial charge >= 0.3 is 0 Å². The Kier molecular flexibility index (Phi) is 6.39. The van der Waals surface area contributed by atoms with Gasteiger partial charge in [-0.3, -0.25) is 14.4 Å². The number of hydrogen-bond donors (Lipinski definition) is 1. The van der Waals surface area contributed by atoms with Gasteiger partial charge in [-0.05, 0) is 32.8 Å². The highest BCUT2D eigenvalue weighted by molar-refractivity contribution is 5.87. The molecule has 0 saturated carbocycles. The third kappa shape index (κ3) is 4.58. The molecule has 0 aromatic carbocycles. The summed E-state index contributed by atoms with van der Waals surface area (Å²) in [7, 11) is 0. The van der Waals surface area contributed by atoms with Crippen LogP contribution < -0.4 is 5.32 Å². The Hall–Kier alpha value is -1.85. The molecule has 1 N–H and O–H groups in total. The van der Waals surface area contributed by atoms with Crippen LogP contribution in [0.4, 0.5) is 0 Å². The monoisotopic (exact) mass is 295 g/mol. The first-order chi connectivity index (χ1) is 9.90. The molecule has 1 atom stereocenters. The Labute approximate surface area is 126 Å². The van der Waals surface area contributed by atoms with E-state index in [1.165, 1.54) is 13.0 Å². The van der Waals surface area contributed by atoms with Crippen LogP contribution in [0.2, 0.25) is 0 Å². The topological polar surface area (TPSA) is 69.7 Å². The van der Waals surface area contributed by atoms with E-state index in [0.29, 0.717) is 19.6 Å². The zero-order chi connectivity index (χ0) is 16.0. The fraction of sp³-hybridized carbons (Fsp3) is 0.667. The molecule has 0 radical (unpaired) electrons. The highest BCUT2D eigenvalue weighted by Gasteiger charge is 2.29. The molecule has 1 heterocycles. The highest BCUT2D eigenvalue weighted by atomic mass is 16.2. The fourth-order valence-electron chi connectivity index (χ4n) is 2.75. The second kappa shape index (κ2) is 7.81. The van der Waals surface area contributed by atoms with Gasteiger partial charge < -0.3 is 15.1 Å². The van der Waals surface area contributed by atoms with Crippen LogP contribution in [-0.2, 0) is 14.4 Å². The lowest BCUT2D eigenvalue weighted by atomic mass is 10.0. The smallest absolute Gasteiger partial charge is 0.246 e. The first kappa shape index (κ1) is 17.2. The quantitative estimate of drug-likeness (QED) is 0.753. The van der Waals surface area contributed by atoms with E-state index in [9.17, 15) is 14.4 Å². The Bertz CT molecular complexity index is 414. The average Bonchev–Trinajstić information content (AvgIpc) is 2.47. The van der Waals surface area contributed by atoms with E-state index >= 15 is 0 Å². The summed E-state index contributed by atoms with van der Waals surface area (Å²) in [5, 5.41) is 2.60. The number of nitrogens with one attached hydrogen (secondary N) is 1. The lowest BCUT2D eigenvalue weighted by Crippen LogP contribution is -2.52. The van der Waals surface area contributed by atoms with Gasteiger partial charge in [0, 0.05) is 32.6 Å². The molecule has 0 spiro atoms. The van der Waals surface area contributed by atoms with E-state index in [0.717, 1.165) is 12.8 Å². The van der Waals surface area contributed by atoms with Gasteiger partial charge in [-0.25, -0.2) is 0 Å². The molecule has 21 heavy (non-hydrogen) atoms. The molecule has 3 amide bonds. The molecule has 0 aromatic rings. The predicted octanol–water partition coefficient (Wildman–Crippen LogP) is 0.537. The maximum Gasteiger partial charge on any atom is 0.246 e. The van der Waals surface area contributed by atoms with Crippen molar-refractivity contribution in [1.82, 2.24) is 15.1 Å². The lowest BCUT2D eigenvalue weighted by Gasteiger charge is -2.38. The van der Waals surface area contributed by atoms with Crippen LogP contribution in [0, 0.1) is 0 Å². The van der Waals surface area contributed by atoms with Crippen LogP contribution in [0.1, 0.15) is 33.6 Å². The molecule has 0 aliphatic carbocycles. The summed E-state index contributed by atoms with van der Waals surface area (Å²) < 4.78 is 0. The molecule has 0 aromatic heterocycles. The first-order valence-electron chi connectivity index (χ1n) is 7.39. The van der Waals surface area contributed by atoms with Gasteiger partial charge in [-0.2, -0.15) is 0 Å². The summed E-state index contributed by atoms with van der Waals surface area (Å²) in [6, 6.07) is -0.350. The van der Waals surface area contributed by atoms with Gasteiger partial charge in [-0.1, -0.05) is 6.58 Å². The minimum Gasteiger partial charge on any atom is -0.345 e. The van der Waals surface area contributed by atoms with Crippen LogP contribution in [0.3, 0.4) is 0 Å². The minimum absolute atomic E-state index is 0.0612. The highest BCUT2D eigenvalue weighted by Crippen LogP contribution is 2.17. The second-order valence-electron chi connectivity index (χ2n) is 5.31. The van der Waals surface area contributed by atoms with Crippen molar-refractivity contribution >= 4 is 17.7 Å². The summed E-state index contributed by atoms with van der Waals surface area (Å²) >= 11 is 0. The van der Waals surface area contributed by atoms with E-state index in [1.807, 2.05) is 6.92 Å². The molecule has 1 rings (SSSR count). The van der Waals surface area contributed by atoms with Crippen molar-refractivity contribution < 1.29 is 14.4 Å². The molecule has 118 valence electrons. The minimum atomic E-state index is -0.504. The molecular weight excluding hydrogens is 270 g/mol. The van der Waals surface area contributed by atoms with Crippen molar-refractivity contribution in [2.24, 2.45) is 0 Å². The van der Waals surface area contributed by atoms with Crippen molar-refractivity contribution in [2.75, 3.05) is 19.6 Å². The van der Waals surface area contributed by atoms with Crippen molar-refractivity contribution in [3.8, 4) is 0 Å². The number of likely N-dealkylation sites (N-methyl/N-ethyl adjacent to an activating group) is 1. The van der Waals surface area contributed by atoms with Crippen LogP contribution in [-0.4, -0.2) is 59.2 Å². The number of carbonyl (C=O) groups excluding carboxylic acids is 3. The number of piperidine rings is 1. The zero-order valence-electron chi connectivity index (χ0n) is 13.1. The Morgan fingerprint density at radius 3 is 2.38 bits per heavy atom. The van der Waals surface area contributed by atoms with Crippen molar-refractivity contribution in [3.05, 3.63) is 12.7 Å². The van der Waals surface area contributed by atoms with E-state index < -0.39 is 6.04 Å². The second-order valence-corrected chi connectivity index (χ2v) is 5.31. The van der Waals surface area contributed by atoms with Gasteiger partial charge in [0.05, 0.1) is 0 Å². The zero-order valence-corrected chi connectivity index (χ0v) is 13.1. The Morgan fingerprint density at radius 1 is 1.38 bits per heavy atom. The van der Waals surface area contributed by atoms with E-state index in [2.05, 4.69) is 11.9 Å². The maximum atomic E-state index is 12.2. The molecule has 0 bridgehead atoms. The van der Waals surface area contributed by atoms with Crippen LogP contribution in [0.5, 0.6) is 0 Å². The Balaban J connectivity index is 2.55. The third-order valence-electron chi connectivity index (χ3n) is 3.81. The summed E-state index contributed by atoms with van der Waals surface area (Å²) in [6.07, 6.45) is 2.85. The van der Waals surface area contributed by atoms with Gasteiger partial charge in [0.15, 0.2) is 0 Å². The summed E-state index contributed by atoms with van der Waals surface area (Å²) in [4.78, 5) is 38.5. The van der Waals surface area contributed by atoms with Crippen molar-refractivity contribution in [3.63, 3.8) is 0 Å². The molecule has 1 saturated heterocycles. The van der Waals surface area contributed by atoms with Crippen LogP contribution in [0.15, 0.2) is 12.7 Å². The normalized spacial score (nSPS) is 17.0. The standard InChI is InChI=1S/C15H25N3O3/c1-5-14(20)18(6-2)13-7-9-17(10-8-13)15(21)11(3)16-12(4)19/h5,11,13H,1,6-10H2,2-4H3,(H,16,19)/t11-/m0/s1. The van der Waals surface area contributed by atoms with Gasteiger partial charge in [0.1, 0.15) is 6.04 Å². The van der Waals surface area contributed by atoms with E-state index in [-0.39, 0.29) is 23.8 Å². The maximum absolute atomic E-state index is 12.2. The van der Waals surface area contributed by atoms with Gasteiger partial charge in [-0.15, -0.1) is 0 Å². The average molecular weight is 295 g/mol. The molecule has 0 unspecified atom stereocenters. The molecule has 6 heteroatoms. The molecule has 6 nitrogen and oxygen atoms in total. The van der Waals surface area contributed by atoms with Crippen molar-refractivity contribution in [2.45, 2.75) is 45.7 Å². The molecule has 1 aliphatic heterocycles.